The van der Waals surface area contributed by atoms with Crippen molar-refractivity contribution < 1.29 is 9.15 Å². The first-order chi connectivity index (χ1) is 19.3. The van der Waals surface area contributed by atoms with E-state index in [4.69, 9.17) is 9.15 Å². The number of hydrogen-bond acceptors (Lipinski definition) is 3. The zero-order valence-electron chi connectivity index (χ0n) is 21.7. The summed E-state index contributed by atoms with van der Waals surface area (Å²) in [5, 5.41) is 4.84. The number of ether oxygens (including phenoxy) is 1. The lowest BCUT2D eigenvalue weighted by molar-refractivity contribution is 0.278. The molecule has 3 nitrogen and oxygen atoms in total. The Morgan fingerprint density at radius 3 is 2.56 bits per heavy atom. The molecule has 0 saturated heterocycles. The first-order valence-corrected chi connectivity index (χ1v) is 13.9. The highest BCUT2D eigenvalue weighted by Crippen LogP contribution is 2.46. The summed E-state index contributed by atoms with van der Waals surface area (Å²) >= 11 is 0. The minimum Gasteiger partial charge on any atom is -0.484 e. The van der Waals surface area contributed by atoms with Crippen LogP contribution in [-0.2, 0) is 0 Å². The molecule has 8 rings (SSSR count). The average Bonchev–Trinajstić information content (AvgIpc) is 3.57. The van der Waals surface area contributed by atoms with E-state index in [9.17, 15) is 0 Å². The Bertz CT molecular complexity index is 1760. The van der Waals surface area contributed by atoms with E-state index in [-0.39, 0.29) is 12.0 Å². The lowest BCUT2D eigenvalue weighted by Gasteiger charge is -2.20. The second-order valence-electron chi connectivity index (χ2n) is 10.8. The molecule has 39 heavy (non-hydrogen) atoms. The van der Waals surface area contributed by atoms with Crippen LogP contribution in [-0.4, -0.2) is 6.10 Å². The molecule has 0 amide bonds. The number of para-hydroxylation sites is 2. The molecule has 0 fully saturated rings. The van der Waals surface area contributed by atoms with E-state index in [1.807, 2.05) is 6.07 Å². The maximum absolute atomic E-state index is 6.41. The second kappa shape index (κ2) is 9.06. The molecular formula is C36H29NO2. The van der Waals surface area contributed by atoms with E-state index >= 15 is 0 Å². The number of allylic oxidation sites excluding steroid dienone is 7. The quantitative estimate of drug-likeness (QED) is 0.299. The van der Waals surface area contributed by atoms with Gasteiger partial charge in [-0.3, -0.25) is 0 Å². The Balaban J connectivity index is 1.01. The molecule has 1 aliphatic heterocycles. The predicted molar refractivity (Wildman–Crippen MR) is 160 cm³/mol. The van der Waals surface area contributed by atoms with Gasteiger partial charge in [-0.1, -0.05) is 85.0 Å². The molecule has 0 spiro atoms. The first-order valence-electron chi connectivity index (χ1n) is 13.9. The lowest BCUT2D eigenvalue weighted by Crippen LogP contribution is -2.12. The van der Waals surface area contributed by atoms with Gasteiger partial charge in [0.05, 0.1) is 0 Å². The van der Waals surface area contributed by atoms with Gasteiger partial charge >= 0.3 is 0 Å². The lowest BCUT2D eigenvalue weighted by atomic mass is 9.86. The van der Waals surface area contributed by atoms with Gasteiger partial charge in [-0.25, -0.2) is 0 Å². The molecule has 0 bridgehead atoms. The molecule has 3 heteroatoms. The normalized spacial score (nSPS) is 20.9. The number of hydrogen-bond donors (Lipinski definition) is 1. The van der Waals surface area contributed by atoms with Crippen LogP contribution in [0.25, 0.3) is 28.2 Å². The molecule has 0 radical (unpaired) electrons. The van der Waals surface area contributed by atoms with Crippen LogP contribution in [0.5, 0.6) is 5.75 Å². The van der Waals surface area contributed by atoms with Gasteiger partial charge in [-0.05, 0) is 54.7 Å². The van der Waals surface area contributed by atoms with Crippen molar-refractivity contribution >= 4 is 33.9 Å². The van der Waals surface area contributed by atoms with E-state index < -0.39 is 0 Å². The molecule has 1 aromatic heterocycles. The van der Waals surface area contributed by atoms with Gasteiger partial charge in [-0.15, -0.1) is 0 Å². The molecule has 4 aliphatic rings. The highest BCUT2D eigenvalue weighted by Gasteiger charge is 2.31. The largest absolute Gasteiger partial charge is 0.484 e. The topological polar surface area (TPSA) is 34.4 Å². The standard InChI is InChI=1S/C36H29NO2/c1-3-13-33-29(7-1)31-11-5-9-27(35(31)38-33)23-15-19-25(20-16-23)37-26-21-17-24(18-22-26)28-10-6-12-32-30-8-2-4-14-34(30)39-36(28)32/h1-9,11-12,14-15,17-19,21-22,28,33,37H,10,13,16,20H2. The van der Waals surface area contributed by atoms with Gasteiger partial charge < -0.3 is 14.5 Å². The van der Waals surface area contributed by atoms with E-state index in [0.717, 1.165) is 48.5 Å². The van der Waals surface area contributed by atoms with Crippen LogP contribution < -0.4 is 10.1 Å². The van der Waals surface area contributed by atoms with Crippen molar-refractivity contribution in [3.63, 3.8) is 0 Å². The summed E-state index contributed by atoms with van der Waals surface area (Å²) in [5.74, 6) is 2.38. The number of furan rings is 1. The number of fused-ring (bicyclic) bond motifs is 6. The Labute approximate surface area is 228 Å². The summed E-state index contributed by atoms with van der Waals surface area (Å²) in [7, 11) is 0. The summed E-state index contributed by atoms with van der Waals surface area (Å²) in [4.78, 5) is 0. The van der Waals surface area contributed by atoms with Crippen molar-refractivity contribution in [3.05, 3.63) is 137 Å². The van der Waals surface area contributed by atoms with E-state index in [1.54, 1.807) is 0 Å². The van der Waals surface area contributed by atoms with Crippen molar-refractivity contribution in [2.45, 2.75) is 37.7 Å². The van der Waals surface area contributed by atoms with E-state index in [2.05, 4.69) is 109 Å². The predicted octanol–water partition coefficient (Wildman–Crippen LogP) is 9.26. The minimum absolute atomic E-state index is 0.161. The van der Waals surface area contributed by atoms with Crippen LogP contribution in [0.15, 0.2) is 113 Å². The number of nitrogens with one attached hydrogen (secondary N) is 1. The fourth-order valence-electron chi connectivity index (χ4n) is 6.45. The van der Waals surface area contributed by atoms with Gasteiger partial charge in [0.15, 0.2) is 0 Å². The molecule has 0 saturated carbocycles. The van der Waals surface area contributed by atoms with Gasteiger partial charge in [0, 0.05) is 51.4 Å². The van der Waals surface area contributed by atoms with Crippen LogP contribution in [0.1, 0.15) is 59.6 Å². The molecule has 1 N–H and O–H groups in total. The minimum atomic E-state index is 0.161. The summed E-state index contributed by atoms with van der Waals surface area (Å²) in [6.07, 6.45) is 19.5. The van der Waals surface area contributed by atoms with Crippen LogP contribution in [0.4, 0.5) is 5.69 Å². The third-order valence-corrected chi connectivity index (χ3v) is 8.44. The fourth-order valence-corrected chi connectivity index (χ4v) is 6.45. The van der Waals surface area contributed by atoms with Crippen LogP contribution >= 0.6 is 0 Å². The van der Waals surface area contributed by atoms with Crippen molar-refractivity contribution in [2.75, 3.05) is 5.32 Å². The smallest absolute Gasteiger partial charge is 0.135 e. The van der Waals surface area contributed by atoms with Crippen LogP contribution in [0, 0.1) is 0 Å². The molecule has 3 aromatic carbocycles. The Hall–Kier alpha value is -4.50. The van der Waals surface area contributed by atoms with Gasteiger partial charge in [0.25, 0.3) is 0 Å². The Morgan fingerprint density at radius 2 is 1.67 bits per heavy atom. The van der Waals surface area contributed by atoms with Crippen molar-refractivity contribution in [3.8, 4) is 5.75 Å². The number of anilines is 1. The number of rotatable bonds is 4. The third kappa shape index (κ3) is 3.80. The Kier molecular flexibility index (Phi) is 5.22. The molecule has 4 aromatic rings. The molecule has 190 valence electrons. The average molecular weight is 508 g/mol. The molecule has 2 atom stereocenters. The summed E-state index contributed by atoms with van der Waals surface area (Å²) in [5.41, 5.74) is 11.0. The van der Waals surface area contributed by atoms with Crippen molar-refractivity contribution in [1.82, 2.24) is 0 Å². The summed E-state index contributed by atoms with van der Waals surface area (Å²) < 4.78 is 12.7. The maximum atomic E-state index is 6.41. The molecule has 2 unspecified atom stereocenters. The first kappa shape index (κ1) is 22.5. The van der Waals surface area contributed by atoms with E-state index in [1.165, 1.54) is 44.5 Å². The van der Waals surface area contributed by atoms with Gasteiger partial charge in [0.1, 0.15) is 23.2 Å². The molecule has 2 heterocycles. The SMILES string of the molecule is C1=CCC2Oc3c(C4=CC=C(Nc5ccc(C6CC=Cc7c6oc6ccccc76)cc5)CC4)cccc3C2=C1. The van der Waals surface area contributed by atoms with Gasteiger partial charge in [-0.2, -0.15) is 0 Å². The van der Waals surface area contributed by atoms with Crippen molar-refractivity contribution in [1.29, 1.82) is 0 Å². The monoisotopic (exact) mass is 507 g/mol. The number of benzene rings is 3. The Morgan fingerprint density at radius 1 is 0.769 bits per heavy atom. The molecular weight excluding hydrogens is 478 g/mol. The fraction of sp³-hybridized carbons (Fsp3) is 0.167. The van der Waals surface area contributed by atoms with Crippen LogP contribution in [0.3, 0.4) is 0 Å². The molecule has 3 aliphatic carbocycles. The maximum Gasteiger partial charge on any atom is 0.135 e. The third-order valence-electron chi connectivity index (χ3n) is 8.44. The second-order valence-corrected chi connectivity index (χ2v) is 10.8. The summed E-state index contributed by atoms with van der Waals surface area (Å²) in [6, 6.07) is 23.7. The van der Waals surface area contributed by atoms with Crippen LogP contribution in [0.2, 0.25) is 0 Å². The zero-order chi connectivity index (χ0) is 25.8. The highest BCUT2D eigenvalue weighted by molar-refractivity contribution is 5.90. The van der Waals surface area contributed by atoms with Crippen molar-refractivity contribution in [2.24, 2.45) is 0 Å². The zero-order valence-corrected chi connectivity index (χ0v) is 21.7. The highest BCUT2D eigenvalue weighted by atomic mass is 16.5. The van der Waals surface area contributed by atoms with E-state index in [0.29, 0.717) is 0 Å². The summed E-state index contributed by atoms with van der Waals surface area (Å²) in [6.45, 7) is 0. The van der Waals surface area contributed by atoms with Gasteiger partial charge in [0.2, 0.25) is 0 Å².